The van der Waals surface area contributed by atoms with E-state index in [2.05, 4.69) is 15.5 Å². The number of nitrogens with zero attached hydrogens (tertiary/aromatic N) is 2. The Morgan fingerprint density at radius 1 is 1.04 bits per heavy atom. The third-order valence-corrected chi connectivity index (χ3v) is 3.23. The summed E-state index contributed by atoms with van der Waals surface area (Å²) in [5, 5.41) is 9.92. The Morgan fingerprint density at radius 2 is 1.76 bits per heavy atom. The van der Waals surface area contributed by atoms with E-state index in [1.165, 1.54) is 6.07 Å². The standard InChI is InChI=1S/C17H13F2N3O3/c18-12-7-4-8-13(19)14(12)15(23)20-9-10-24-17-22-21-16(25-17)11-5-2-1-3-6-11/h1-8H,9-10H2,(H,20,23). The lowest BCUT2D eigenvalue weighted by atomic mass is 10.2. The molecule has 25 heavy (non-hydrogen) atoms. The van der Waals surface area contributed by atoms with E-state index in [0.29, 0.717) is 5.89 Å². The van der Waals surface area contributed by atoms with Crippen LogP contribution in [0.1, 0.15) is 10.4 Å². The summed E-state index contributed by atoms with van der Waals surface area (Å²) >= 11 is 0. The highest BCUT2D eigenvalue weighted by atomic mass is 19.1. The van der Waals surface area contributed by atoms with Crippen molar-refractivity contribution in [3.8, 4) is 17.5 Å². The van der Waals surface area contributed by atoms with Crippen molar-refractivity contribution in [1.82, 2.24) is 15.5 Å². The molecule has 3 aromatic rings. The van der Waals surface area contributed by atoms with Crippen LogP contribution in [-0.2, 0) is 0 Å². The van der Waals surface area contributed by atoms with Crippen molar-refractivity contribution < 1.29 is 22.7 Å². The lowest BCUT2D eigenvalue weighted by Gasteiger charge is -2.06. The smallest absolute Gasteiger partial charge is 0.414 e. The minimum absolute atomic E-state index is 0.00175. The van der Waals surface area contributed by atoms with Gasteiger partial charge in [0.2, 0.25) is 0 Å². The van der Waals surface area contributed by atoms with Gasteiger partial charge in [0.15, 0.2) is 0 Å². The molecule has 0 atom stereocenters. The van der Waals surface area contributed by atoms with Crippen molar-refractivity contribution in [2.75, 3.05) is 13.2 Å². The van der Waals surface area contributed by atoms with Crippen LogP contribution in [0.4, 0.5) is 8.78 Å². The van der Waals surface area contributed by atoms with Gasteiger partial charge in [0.1, 0.15) is 23.8 Å². The molecule has 1 N–H and O–H groups in total. The Bertz CT molecular complexity index is 848. The zero-order valence-electron chi connectivity index (χ0n) is 12.9. The average Bonchev–Trinajstić information content (AvgIpc) is 3.08. The van der Waals surface area contributed by atoms with Crippen LogP contribution in [0.5, 0.6) is 6.08 Å². The monoisotopic (exact) mass is 345 g/mol. The molecule has 0 spiro atoms. The van der Waals surface area contributed by atoms with Crippen LogP contribution < -0.4 is 10.1 Å². The highest BCUT2D eigenvalue weighted by molar-refractivity contribution is 5.94. The van der Waals surface area contributed by atoms with Gasteiger partial charge in [-0.15, -0.1) is 5.10 Å². The van der Waals surface area contributed by atoms with Gasteiger partial charge in [0, 0.05) is 5.56 Å². The van der Waals surface area contributed by atoms with Gasteiger partial charge < -0.3 is 14.5 Å². The molecule has 1 amide bonds. The molecule has 128 valence electrons. The molecule has 0 bridgehead atoms. The van der Waals surface area contributed by atoms with Gasteiger partial charge >= 0.3 is 6.08 Å². The number of carbonyl (C=O) groups excluding carboxylic acids is 1. The number of amides is 1. The number of nitrogens with one attached hydrogen (secondary N) is 1. The van der Waals surface area contributed by atoms with Crippen LogP contribution in [0.15, 0.2) is 52.9 Å². The number of hydrogen-bond acceptors (Lipinski definition) is 5. The maximum atomic E-state index is 13.5. The fourth-order valence-electron chi connectivity index (χ4n) is 2.07. The summed E-state index contributed by atoms with van der Waals surface area (Å²) in [5.41, 5.74) is 0.111. The van der Waals surface area contributed by atoms with Gasteiger partial charge in [-0.05, 0) is 24.3 Å². The third-order valence-electron chi connectivity index (χ3n) is 3.23. The Labute approximate surface area is 141 Å². The zero-order valence-corrected chi connectivity index (χ0v) is 12.9. The normalized spacial score (nSPS) is 10.5. The largest absolute Gasteiger partial charge is 0.447 e. The second kappa shape index (κ2) is 7.52. The first-order valence-corrected chi connectivity index (χ1v) is 7.39. The summed E-state index contributed by atoms with van der Waals surface area (Å²) in [7, 11) is 0. The summed E-state index contributed by atoms with van der Waals surface area (Å²) in [6.45, 7) is 0.00783. The van der Waals surface area contributed by atoms with Crippen molar-refractivity contribution in [1.29, 1.82) is 0 Å². The summed E-state index contributed by atoms with van der Waals surface area (Å²) in [4.78, 5) is 11.8. The molecular formula is C17H13F2N3O3. The minimum Gasteiger partial charge on any atom is -0.447 e. The predicted molar refractivity (Wildman–Crippen MR) is 83.9 cm³/mol. The van der Waals surface area contributed by atoms with E-state index in [9.17, 15) is 13.6 Å². The van der Waals surface area contributed by atoms with Gasteiger partial charge in [0.05, 0.1) is 6.54 Å². The number of carbonyl (C=O) groups is 1. The molecule has 1 heterocycles. The minimum atomic E-state index is -0.928. The lowest BCUT2D eigenvalue weighted by molar-refractivity contribution is 0.0935. The number of halogens is 2. The first kappa shape index (κ1) is 16.6. The summed E-state index contributed by atoms with van der Waals surface area (Å²) in [6, 6.07) is 12.3. The van der Waals surface area contributed by atoms with E-state index in [1.54, 1.807) is 12.1 Å². The highest BCUT2D eigenvalue weighted by Crippen LogP contribution is 2.20. The van der Waals surface area contributed by atoms with Gasteiger partial charge in [0.25, 0.3) is 11.8 Å². The molecule has 8 heteroatoms. The number of benzene rings is 2. The summed E-state index contributed by atoms with van der Waals surface area (Å²) < 4.78 is 37.5. The van der Waals surface area contributed by atoms with Gasteiger partial charge in [-0.2, -0.15) is 0 Å². The fraction of sp³-hybridized carbons (Fsp3) is 0.118. The molecule has 0 fully saturated rings. The molecule has 0 saturated heterocycles. The molecule has 0 radical (unpaired) electrons. The highest BCUT2D eigenvalue weighted by Gasteiger charge is 2.16. The van der Waals surface area contributed by atoms with Crippen LogP contribution in [0.3, 0.4) is 0 Å². The predicted octanol–water partition coefficient (Wildman–Crippen LogP) is 2.82. The van der Waals surface area contributed by atoms with Gasteiger partial charge in [-0.1, -0.05) is 29.4 Å². The number of ether oxygens (including phenoxy) is 1. The van der Waals surface area contributed by atoms with Crippen molar-refractivity contribution >= 4 is 5.91 Å². The molecule has 0 aliphatic rings. The third kappa shape index (κ3) is 3.97. The molecule has 1 aromatic heterocycles. The molecular weight excluding hydrogens is 332 g/mol. The van der Waals surface area contributed by atoms with E-state index in [-0.39, 0.29) is 19.2 Å². The SMILES string of the molecule is O=C(NCCOc1nnc(-c2ccccc2)o1)c1c(F)cccc1F. The zero-order chi connectivity index (χ0) is 17.6. The van der Waals surface area contributed by atoms with Crippen molar-refractivity contribution in [2.24, 2.45) is 0 Å². The summed E-state index contributed by atoms with van der Waals surface area (Å²) in [6.07, 6.45) is -0.0647. The average molecular weight is 345 g/mol. The van der Waals surface area contributed by atoms with Crippen molar-refractivity contribution in [2.45, 2.75) is 0 Å². The maximum Gasteiger partial charge on any atom is 0.414 e. The molecule has 3 rings (SSSR count). The topological polar surface area (TPSA) is 77.2 Å². The van der Waals surface area contributed by atoms with E-state index in [1.807, 2.05) is 18.2 Å². The molecule has 0 aliphatic heterocycles. The van der Waals surface area contributed by atoms with E-state index in [4.69, 9.17) is 9.15 Å². The molecule has 2 aromatic carbocycles. The Balaban J connectivity index is 1.51. The Morgan fingerprint density at radius 3 is 2.48 bits per heavy atom. The fourth-order valence-corrected chi connectivity index (χ4v) is 2.07. The lowest BCUT2D eigenvalue weighted by Crippen LogP contribution is -2.29. The van der Waals surface area contributed by atoms with Gasteiger partial charge in [-0.25, -0.2) is 8.78 Å². The Kier molecular flexibility index (Phi) is 4.98. The summed E-state index contributed by atoms with van der Waals surface area (Å²) in [5.74, 6) is -2.42. The van der Waals surface area contributed by atoms with Crippen LogP contribution in [0.25, 0.3) is 11.5 Å². The Hall–Kier alpha value is -3.29. The van der Waals surface area contributed by atoms with Crippen LogP contribution >= 0.6 is 0 Å². The second-order valence-corrected chi connectivity index (χ2v) is 4.94. The maximum absolute atomic E-state index is 13.5. The van der Waals surface area contributed by atoms with E-state index in [0.717, 1.165) is 17.7 Å². The van der Waals surface area contributed by atoms with Crippen LogP contribution in [-0.4, -0.2) is 29.3 Å². The van der Waals surface area contributed by atoms with Crippen molar-refractivity contribution in [3.05, 3.63) is 65.7 Å². The molecule has 0 aliphatic carbocycles. The first-order chi connectivity index (χ1) is 12.1. The number of aromatic nitrogens is 2. The first-order valence-electron chi connectivity index (χ1n) is 7.39. The van der Waals surface area contributed by atoms with Crippen LogP contribution in [0, 0.1) is 11.6 Å². The second-order valence-electron chi connectivity index (χ2n) is 4.94. The van der Waals surface area contributed by atoms with E-state index >= 15 is 0 Å². The van der Waals surface area contributed by atoms with Crippen LogP contribution in [0.2, 0.25) is 0 Å². The van der Waals surface area contributed by atoms with Crippen molar-refractivity contribution in [3.63, 3.8) is 0 Å². The molecule has 6 nitrogen and oxygen atoms in total. The van der Waals surface area contributed by atoms with Gasteiger partial charge in [-0.3, -0.25) is 4.79 Å². The number of hydrogen-bond donors (Lipinski definition) is 1. The number of rotatable bonds is 6. The quantitative estimate of drug-likeness (QED) is 0.695. The molecule has 0 saturated carbocycles. The van der Waals surface area contributed by atoms with E-state index < -0.39 is 23.1 Å². The molecule has 0 unspecified atom stereocenters.